The second-order valence-corrected chi connectivity index (χ2v) is 7.13. The van der Waals surface area contributed by atoms with Gasteiger partial charge in [0.25, 0.3) is 0 Å². The largest absolute Gasteiger partial charge is 0.507 e. The average molecular weight is 397 g/mol. The average Bonchev–Trinajstić information content (AvgIpc) is 2.72. The van der Waals surface area contributed by atoms with Crippen molar-refractivity contribution in [1.29, 1.82) is 0 Å². The molecular weight excluding hydrogens is 370 g/mol. The number of aryl methyl sites for hydroxylation is 1. The lowest BCUT2D eigenvalue weighted by Gasteiger charge is -2.18. The highest BCUT2D eigenvalue weighted by Crippen LogP contribution is 2.32. The van der Waals surface area contributed by atoms with Crippen LogP contribution in [-0.4, -0.2) is 30.7 Å². The summed E-state index contributed by atoms with van der Waals surface area (Å²) in [5, 5.41) is 10.8. The Hall–Kier alpha value is -2.99. The molecule has 1 aromatic heterocycles. The molecule has 1 heterocycles. The second-order valence-electron chi connectivity index (χ2n) is 7.13. The van der Waals surface area contributed by atoms with Gasteiger partial charge in [-0.15, -0.1) is 0 Å². The third kappa shape index (κ3) is 4.54. The molecule has 0 bridgehead atoms. The summed E-state index contributed by atoms with van der Waals surface area (Å²) in [4.78, 5) is 15.2. The Balaban J connectivity index is 2.03. The third-order valence-electron chi connectivity index (χ3n) is 4.84. The molecule has 0 atom stereocenters. The second kappa shape index (κ2) is 9.01. The molecule has 0 aliphatic carbocycles. The lowest BCUT2D eigenvalue weighted by atomic mass is 10.1. The lowest BCUT2D eigenvalue weighted by molar-refractivity contribution is 0.313. The summed E-state index contributed by atoms with van der Waals surface area (Å²) in [6, 6.07) is 10.1. The molecule has 0 unspecified atom stereocenters. The van der Waals surface area contributed by atoms with Crippen molar-refractivity contribution in [3.8, 4) is 23.0 Å². The molecule has 6 heteroatoms. The minimum Gasteiger partial charge on any atom is -0.507 e. The van der Waals surface area contributed by atoms with Gasteiger partial charge in [0.05, 0.1) is 18.1 Å². The number of phenols is 1. The number of hydrogen-bond donors (Lipinski definition) is 1. The van der Waals surface area contributed by atoms with Gasteiger partial charge in [0.15, 0.2) is 0 Å². The highest BCUT2D eigenvalue weighted by Gasteiger charge is 2.19. The van der Waals surface area contributed by atoms with Gasteiger partial charge in [0, 0.05) is 12.6 Å². The van der Waals surface area contributed by atoms with Gasteiger partial charge in [-0.05, 0) is 51.2 Å². The van der Waals surface area contributed by atoms with Gasteiger partial charge in [0.2, 0.25) is 11.2 Å². The number of methoxy groups -OCH3 is 1. The van der Waals surface area contributed by atoms with Crippen LogP contribution in [0.1, 0.15) is 31.1 Å². The standard InChI is InChI=1S/C23H27NO5/c1-5-6-12-24(3)14-19-20(25)11-10-18-21(26)22(15(2)28-23(18)19)29-17-9-7-8-16(13-17)27-4/h7-11,13,25H,5-6,12,14H2,1-4H3. The zero-order valence-corrected chi connectivity index (χ0v) is 17.3. The predicted octanol–water partition coefficient (Wildman–Crippen LogP) is 4.84. The van der Waals surface area contributed by atoms with Crippen LogP contribution in [0.25, 0.3) is 11.0 Å². The molecule has 0 aliphatic rings. The lowest BCUT2D eigenvalue weighted by Crippen LogP contribution is -2.19. The molecule has 1 N–H and O–H groups in total. The van der Waals surface area contributed by atoms with Crippen LogP contribution in [0.5, 0.6) is 23.0 Å². The van der Waals surface area contributed by atoms with E-state index >= 15 is 0 Å². The molecule has 2 aromatic carbocycles. The normalized spacial score (nSPS) is 11.2. The van der Waals surface area contributed by atoms with Gasteiger partial charge in [-0.1, -0.05) is 19.4 Å². The fourth-order valence-corrected chi connectivity index (χ4v) is 3.22. The third-order valence-corrected chi connectivity index (χ3v) is 4.84. The van der Waals surface area contributed by atoms with Crippen molar-refractivity contribution >= 4 is 11.0 Å². The highest BCUT2D eigenvalue weighted by molar-refractivity contribution is 5.83. The van der Waals surface area contributed by atoms with Crippen molar-refractivity contribution in [3.63, 3.8) is 0 Å². The van der Waals surface area contributed by atoms with Crippen LogP contribution in [-0.2, 0) is 6.54 Å². The van der Waals surface area contributed by atoms with Gasteiger partial charge in [-0.2, -0.15) is 0 Å². The van der Waals surface area contributed by atoms with E-state index in [9.17, 15) is 9.90 Å². The van der Waals surface area contributed by atoms with Crippen LogP contribution < -0.4 is 14.9 Å². The number of unbranched alkanes of at least 4 members (excludes halogenated alkanes) is 1. The molecule has 3 rings (SSSR count). The zero-order valence-electron chi connectivity index (χ0n) is 17.3. The molecule has 0 radical (unpaired) electrons. The minimum atomic E-state index is -0.274. The van der Waals surface area contributed by atoms with E-state index in [2.05, 4.69) is 11.8 Å². The van der Waals surface area contributed by atoms with Crippen molar-refractivity contribution < 1.29 is 19.0 Å². The number of hydrogen-bond acceptors (Lipinski definition) is 6. The van der Waals surface area contributed by atoms with E-state index in [4.69, 9.17) is 13.9 Å². The number of ether oxygens (including phenoxy) is 2. The maximum absolute atomic E-state index is 13.1. The van der Waals surface area contributed by atoms with Crippen LogP contribution >= 0.6 is 0 Å². The van der Waals surface area contributed by atoms with Crippen LogP contribution in [0, 0.1) is 6.92 Å². The van der Waals surface area contributed by atoms with E-state index in [0.717, 1.165) is 19.4 Å². The van der Waals surface area contributed by atoms with Gasteiger partial charge in [0.1, 0.15) is 28.6 Å². The van der Waals surface area contributed by atoms with E-state index in [-0.39, 0.29) is 16.9 Å². The van der Waals surface area contributed by atoms with Crippen LogP contribution in [0.3, 0.4) is 0 Å². The Labute approximate surface area is 170 Å². The van der Waals surface area contributed by atoms with Crippen LogP contribution in [0.2, 0.25) is 0 Å². The van der Waals surface area contributed by atoms with E-state index in [1.807, 2.05) is 7.05 Å². The van der Waals surface area contributed by atoms with E-state index in [1.165, 1.54) is 6.07 Å². The first-order valence-corrected chi connectivity index (χ1v) is 9.73. The van der Waals surface area contributed by atoms with E-state index in [1.54, 1.807) is 44.4 Å². The first-order valence-electron chi connectivity index (χ1n) is 9.73. The van der Waals surface area contributed by atoms with Crippen molar-refractivity contribution in [2.24, 2.45) is 0 Å². The first kappa shape index (κ1) is 20.7. The van der Waals surface area contributed by atoms with Crippen molar-refractivity contribution in [3.05, 3.63) is 57.9 Å². The smallest absolute Gasteiger partial charge is 0.235 e. The molecule has 6 nitrogen and oxygen atoms in total. The monoisotopic (exact) mass is 397 g/mol. The summed E-state index contributed by atoms with van der Waals surface area (Å²) in [6.07, 6.45) is 2.15. The fraction of sp³-hybridized carbons (Fsp3) is 0.348. The summed E-state index contributed by atoms with van der Waals surface area (Å²) in [5.41, 5.74) is 0.729. The molecule has 0 aliphatic heterocycles. The Bertz CT molecular complexity index is 1060. The summed E-state index contributed by atoms with van der Waals surface area (Å²) >= 11 is 0. The van der Waals surface area contributed by atoms with E-state index in [0.29, 0.717) is 40.3 Å². The number of fused-ring (bicyclic) bond motifs is 1. The molecule has 0 saturated heterocycles. The molecule has 0 saturated carbocycles. The number of aromatic hydroxyl groups is 1. The van der Waals surface area contributed by atoms with Crippen molar-refractivity contribution in [2.45, 2.75) is 33.2 Å². The number of phenolic OH excluding ortho intramolecular Hbond substituents is 1. The molecule has 29 heavy (non-hydrogen) atoms. The minimum absolute atomic E-state index is 0.116. The quantitative estimate of drug-likeness (QED) is 0.586. The predicted molar refractivity (Wildman–Crippen MR) is 113 cm³/mol. The molecule has 154 valence electrons. The number of rotatable bonds is 8. The SMILES string of the molecule is CCCCN(C)Cc1c(O)ccc2c(=O)c(Oc3cccc(OC)c3)c(C)oc12. The summed E-state index contributed by atoms with van der Waals surface area (Å²) < 4.78 is 17.0. The number of benzene rings is 2. The van der Waals surface area contributed by atoms with Gasteiger partial charge >= 0.3 is 0 Å². The number of nitrogens with zero attached hydrogens (tertiary/aromatic N) is 1. The Morgan fingerprint density at radius 3 is 2.66 bits per heavy atom. The topological polar surface area (TPSA) is 72.1 Å². The van der Waals surface area contributed by atoms with Gasteiger partial charge in [-0.3, -0.25) is 4.79 Å². The maximum Gasteiger partial charge on any atom is 0.235 e. The zero-order chi connectivity index (χ0) is 21.0. The van der Waals surface area contributed by atoms with Crippen molar-refractivity contribution in [1.82, 2.24) is 4.90 Å². The highest BCUT2D eigenvalue weighted by atomic mass is 16.5. The van der Waals surface area contributed by atoms with Crippen molar-refractivity contribution in [2.75, 3.05) is 20.7 Å². The summed E-state index contributed by atoms with van der Waals surface area (Å²) in [5.74, 6) is 1.71. The Morgan fingerprint density at radius 2 is 1.93 bits per heavy atom. The molecular formula is C23H27NO5. The molecule has 3 aromatic rings. The van der Waals surface area contributed by atoms with Gasteiger partial charge < -0.3 is 23.9 Å². The Kier molecular flexibility index (Phi) is 6.44. The van der Waals surface area contributed by atoms with Crippen LogP contribution in [0.4, 0.5) is 0 Å². The Morgan fingerprint density at radius 1 is 1.17 bits per heavy atom. The molecule has 0 amide bonds. The maximum atomic E-state index is 13.1. The molecule has 0 fully saturated rings. The summed E-state index contributed by atoms with van der Waals surface area (Å²) in [6.45, 7) is 5.20. The fourth-order valence-electron chi connectivity index (χ4n) is 3.22. The van der Waals surface area contributed by atoms with Gasteiger partial charge in [-0.25, -0.2) is 0 Å². The summed E-state index contributed by atoms with van der Waals surface area (Å²) in [7, 11) is 3.56. The van der Waals surface area contributed by atoms with E-state index < -0.39 is 0 Å². The first-order chi connectivity index (χ1) is 13.9. The molecule has 0 spiro atoms. The van der Waals surface area contributed by atoms with Crippen LogP contribution in [0.15, 0.2) is 45.6 Å².